The average Bonchev–Trinajstić information content (AvgIpc) is 1.81. The molecule has 0 aromatic heterocycles. The predicted octanol–water partition coefficient (Wildman–Crippen LogP) is 1.12. The van der Waals surface area contributed by atoms with E-state index >= 15 is 0 Å². The normalized spacial score (nSPS) is 8.50. The van der Waals surface area contributed by atoms with E-state index in [0.29, 0.717) is 0 Å². The van der Waals surface area contributed by atoms with Crippen molar-refractivity contribution in [3.8, 4) is 6.07 Å². The Kier molecular flexibility index (Phi) is 7.09. The molecule has 0 saturated carbocycles. The van der Waals surface area contributed by atoms with E-state index in [0.717, 1.165) is 12.8 Å². The van der Waals surface area contributed by atoms with Gasteiger partial charge in [0.05, 0.1) is 0 Å². The molecule has 0 bridgehead atoms. The van der Waals surface area contributed by atoms with Crippen LogP contribution >= 0.6 is 0 Å². The SMILES string of the molecule is N#CCCCCC[AsH2]. The molecule has 1 atom stereocenters. The molecule has 0 N–H and O–H groups in total. The topological polar surface area (TPSA) is 23.8 Å². The van der Waals surface area contributed by atoms with Crippen LogP contribution < -0.4 is 0 Å². The Labute approximate surface area is 59.6 Å². The van der Waals surface area contributed by atoms with E-state index in [1.165, 1.54) is 18.1 Å². The van der Waals surface area contributed by atoms with Crippen molar-refractivity contribution in [2.24, 2.45) is 0 Å². The molecule has 8 heavy (non-hydrogen) atoms. The van der Waals surface area contributed by atoms with E-state index in [2.05, 4.69) is 6.07 Å². The third kappa shape index (κ3) is 6.05. The Morgan fingerprint density at radius 3 is 2.50 bits per heavy atom. The van der Waals surface area contributed by atoms with Crippen LogP contribution in [-0.2, 0) is 0 Å². The molecule has 0 aromatic rings. The van der Waals surface area contributed by atoms with Gasteiger partial charge < -0.3 is 0 Å². The zero-order chi connectivity index (χ0) is 6.24. The van der Waals surface area contributed by atoms with E-state index in [1.807, 2.05) is 0 Å². The summed E-state index contributed by atoms with van der Waals surface area (Å²) in [5, 5.41) is 9.44. The summed E-state index contributed by atoms with van der Waals surface area (Å²) in [6.07, 6.45) is 4.39. The van der Waals surface area contributed by atoms with Crippen molar-refractivity contribution in [1.29, 1.82) is 5.26 Å². The third-order valence-electron chi connectivity index (χ3n) is 0.993. The van der Waals surface area contributed by atoms with E-state index in [9.17, 15) is 0 Å². The quantitative estimate of drug-likeness (QED) is 0.461. The molecule has 1 nitrogen and oxygen atoms in total. The first kappa shape index (κ1) is 8.05. The summed E-state index contributed by atoms with van der Waals surface area (Å²) in [6, 6.07) is 2.13. The Morgan fingerprint density at radius 1 is 1.25 bits per heavy atom. The van der Waals surface area contributed by atoms with Gasteiger partial charge in [-0.1, -0.05) is 0 Å². The van der Waals surface area contributed by atoms with Crippen LogP contribution in [-0.4, -0.2) is 16.9 Å². The molecule has 0 aliphatic heterocycles. The van der Waals surface area contributed by atoms with Crippen LogP contribution in [0.15, 0.2) is 0 Å². The van der Waals surface area contributed by atoms with Crippen molar-refractivity contribution in [2.45, 2.75) is 30.9 Å². The molecule has 0 radical (unpaired) electrons. The van der Waals surface area contributed by atoms with Crippen LogP contribution in [0.2, 0.25) is 5.21 Å². The van der Waals surface area contributed by atoms with Gasteiger partial charge in [-0.3, -0.25) is 0 Å². The minimum atomic E-state index is 0.743. The van der Waals surface area contributed by atoms with Gasteiger partial charge in [0, 0.05) is 0 Å². The second-order valence-electron chi connectivity index (χ2n) is 1.76. The van der Waals surface area contributed by atoms with E-state index < -0.39 is 0 Å². The number of hydrogen-bond acceptors (Lipinski definition) is 1. The van der Waals surface area contributed by atoms with Crippen LogP contribution in [0.1, 0.15) is 25.7 Å². The van der Waals surface area contributed by atoms with Crippen molar-refractivity contribution in [3.05, 3.63) is 0 Å². The summed E-state index contributed by atoms with van der Waals surface area (Å²) in [5.41, 5.74) is 0. The molecular formula is C6H12AsN. The van der Waals surface area contributed by atoms with E-state index in [-0.39, 0.29) is 0 Å². The first-order valence-corrected chi connectivity index (χ1v) is 4.70. The minimum absolute atomic E-state index is 0.743. The molecule has 0 aliphatic rings. The fourth-order valence-electron chi connectivity index (χ4n) is 0.525. The van der Waals surface area contributed by atoms with Gasteiger partial charge in [0.25, 0.3) is 0 Å². The van der Waals surface area contributed by atoms with Gasteiger partial charge in [0.1, 0.15) is 0 Å². The summed E-state index contributed by atoms with van der Waals surface area (Å²) in [7, 11) is 0. The number of nitriles is 1. The Balaban J connectivity index is 2.65. The monoisotopic (exact) mass is 173 g/mol. The Hall–Kier alpha value is 0.0484. The molecule has 0 spiro atoms. The maximum atomic E-state index is 8.12. The van der Waals surface area contributed by atoms with E-state index in [1.54, 1.807) is 16.9 Å². The van der Waals surface area contributed by atoms with Gasteiger partial charge in [0.15, 0.2) is 0 Å². The first-order chi connectivity index (χ1) is 3.91. The molecule has 0 aliphatic carbocycles. The molecule has 0 heterocycles. The number of rotatable bonds is 4. The molecule has 2 heteroatoms. The molecule has 46 valence electrons. The second kappa shape index (κ2) is 7.05. The molecular weight excluding hydrogens is 161 g/mol. The van der Waals surface area contributed by atoms with Gasteiger partial charge in [-0.15, -0.1) is 0 Å². The fraction of sp³-hybridized carbons (Fsp3) is 0.833. The molecule has 0 fully saturated rings. The van der Waals surface area contributed by atoms with Crippen molar-refractivity contribution in [3.63, 3.8) is 0 Å². The fourth-order valence-corrected chi connectivity index (χ4v) is 1.13. The second-order valence-corrected chi connectivity index (χ2v) is 2.97. The zero-order valence-corrected chi connectivity index (χ0v) is 7.48. The van der Waals surface area contributed by atoms with Crippen LogP contribution in [0.5, 0.6) is 0 Å². The van der Waals surface area contributed by atoms with Crippen LogP contribution in [0.3, 0.4) is 0 Å². The van der Waals surface area contributed by atoms with Crippen LogP contribution in [0, 0.1) is 11.3 Å². The average molecular weight is 173 g/mol. The van der Waals surface area contributed by atoms with Gasteiger partial charge in [-0.2, -0.15) is 0 Å². The molecule has 0 amide bonds. The number of nitrogens with zero attached hydrogens (tertiary/aromatic N) is 1. The van der Waals surface area contributed by atoms with E-state index in [4.69, 9.17) is 5.26 Å². The van der Waals surface area contributed by atoms with Crippen molar-refractivity contribution in [2.75, 3.05) is 0 Å². The van der Waals surface area contributed by atoms with Crippen molar-refractivity contribution < 1.29 is 0 Å². The van der Waals surface area contributed by atoms with Crippen LogP contribution in [0.4, 0.5) is 0 Å². The van der Waals surface area contributed by atoms with Gasteiger partial charge in [-0.05, 0) is 0 Å². The summed E-state index contributed by atoms with van der Waals surface area (Å²) in [6.45, 7) is 0. The van der Waals surface area contributed by atoms with Crippen molar-refractivity contribution in [1.82, 2.24) is 0 Å². The predicted molar refractivity (Wildman–Crippen MR) is 37.4 cm³/mol. The summed E-state index contributed by atoms with van der Waals surface area (Å²) in [5.74, 6) is 0. The van der Waals surface area contributed by atoms with Gasteiger partial charge in [0.2, 0.25) is 0 Å². The van der Waals surface area contributed by atoms with Crippen molar-refractivity contribution >= 4 is 16.9 Å². The Morgan fingerprint density at radius 2 is 2.00 bits per heavy atom. The Bertz CT molecular complexity index is 75.1. The summed E-state index contributed by atoms with van der Waals surface area (Å²) in [4.78, 5) is 0. The third-order valence-corrected chi connectivity index (χ3v) is 1.85. The van der Waals surface area contributed by atoms with Crippen LogP contribution in [0.25, 0.3) is 0 Å². The molecule has 1 unspecified atom stereocenters. The number of unbranched alkanes of at least 4 members (excludes halogenated alkanes) is 3. The first-order valence-electron chi connectivity index (χ1n) is 2.99. The number of hydrogen-bond donors (Lipinski definition) is 0. The van der Waals surface area contributed by atoms with Gasteiger partial charge >= 0.3 is 59.1 Å². The summed E-state index contributed by atoms with van der Waals surface area (Å²) >= 11 is 1.79. The standard InChI is InChI=1S/C6H12AsN/c7-5-3-1-2-4-6-8/h1-5,7H2. The molecule has 0 aromatic carbocycles. The molecule has 0 rings (SSSR count). The van der Waals surface area contributed by atoms with Gasteiger partial charge in [-0.25, -0.2) is 0 Å². The maximum absolute atomic E-state index is 8.12. The summed E-state index contributed by atoms with van der Waals surface area (Å²) < 4.78 is 0. The molecule has 0 saturated heterocycles. The zero-order valence-electron chi connectivity index (χ0n) is 5.06.